The zero-order valence-electron chi connectivity index (χ0n) is 11.0. The molecule has 1 aromatic rings. The van der Waals surface area contributed by atoms with Crippen LogP contribution in [0.2, 0.25) is 0 Å². The molecule has 1 fully saturated rings. The van der Waals surface area contributed by atoms with Crippen molar-refractivity contribution in [3.8, 4) is 5.75 Å². The number of methoxy groups -OCH3 is 1. The largest absolute Gasteiger partial charge is 0.496 e. The maximum atomic E-state index is 13.4. The van der Waals surface area contributed by atoms with E-state index in [1.807, 2.05) is 0 Å². The summed E-state index contributed by atoms with van der Waals surface area (Å²) < 4.78 is 45.1. The van der Waals surface area contributed by atoms with Gasteiger partial charge in [0.15, 0.2) is 0 Å². The monoisotopic (exact) mass is 288 g/mol. The van der Waals surface area contributed by atoms with Crippen LogP contribution < -0.4 is 4.74 Å². The summed E-state index contributed by atoms with van der Waals surface area (Å²) in [6.45, 7) is 0. The Morgan fingerprint density at radius 3 is 2.35 bits per heavy atom. The van der Waals surface area contributed by atoms with Crippen molar-refractivity contribution >= 4 is 5.97 Å². The lowest BCUT2D eigenvalue weighted by Crippen LogP contribution is -2.43. The molecule has 20 heavy (non-hydrogen) atoms. The lowest BCUT2D eigenvalue weighted by atomic mass is 9.68. The summed E-state index contributed by atoms with van der Waals surface area (Å²) in [5.74, 6) is -4.49. The fourth-order valence-electron chi connectivity index (χ4n) is 2.70. The molecule has 0 aromatic heterocycles. The van der Waals surface area contributed by atoms with Gasteiger partial charge >= 0.3 is 5.97 Å². The summed E-state index contributed by atoms with van der Waals surface area (Å²) in [5.41, 5.74) is -1.39. The summed E-state index contributed by atoms with van der Waals surface area (Å²) in [4.78, 5) is 11.6. The number of hydrogen-bond acceptors (Lipinski definition) is 2. The van der Waals surface area contributed by atoms with Gasteiger partial charge in [-0.3, -0.25) is 4.79 Å². The molecular formula is C14H15F3O3. The van der Waals surface area contributed by atoms with E-state index in [1.54, 1.807) is 0 Å². The molecule has 0 spiro atoms. The van der Waals surface area contributed by atoms with Crippen molar-refractivity contribution in [3.05, 3.63) is 29.6 Å². The van der Waals surface area contributed by atoms with E-state index >= 15 is 0 Å². The second-order valence-corrected chi connectivity index (χ2v) is 5.09. The first-order chi connectivity index (χ1) is 9.31. The molecule has 0 saturated heterocycles. The number of carboxylic acid groups (broad SMARTS) is 1. The van der Waals surface area contributed by atoms with Gasteiger partial charge in [-0.1, -0.05) is 0 Å². The Labute approximate surface area is 114 Å². The number of benzene rings is 1. The van der Waals surface area contributed by atoms with Gasteiger partial charge in [0, 0.05) is 18.4 Å². The highest BCUT2D eigenvalue weighted by molar-refractivity contribution is 5.82. The van der Waals surface area contributed by atoms with Crippen LogP contribution in [0, 0.1) is 5.82 Å². The molecule has 0 aliphatic heterocycles. The van der Waals surface area contributed by atoms with Crippen LogP contribution in [-0.4, -0.2) is 24.1 Å². The molecule has 0 unspecified atom stereocenters. The van der Waals surface area contributed by atoms with Crippen LogP contribution in [0.1, 0.15) is 31.2 Å². The van der Waals surface area contributed by atoms with Crippen LogP contribution >= 0.6 is 0 Å². The van der Waals surface area contributed by atoms with E-state index in [2.05, 4.69) is 0 Å². The Hall–Kier alpha value is -1.72. The molecule has 0 atom stereocenters. The van der Waals surface area contributed by atoms with Gasteiger partial charge in [-0.2, -0.15) is 0 Å². The highest BCUT2D eigenvalue weighted by Gasteiger charge is 2.50. The normalized spacial score (nSPS) is 20.4. The molecule has 2 rings (SSSR count). The zero-order valence-corrected chi connectivity index (χ0v) is 11.0. The van der Waals surface area contributed by atoms with Crippen molar-refractivity contribution in [1.29, 1.82) is 0 Å². The van der Waals surface area contributed by atoms with E-state index in [1.165, 1.54) is 13.2 Å². The predicted octanol–water partition coefficient (Wildman–Crippen LogP) is 3.37. The quantitative estimate of drug-likeness (QED) is 0.927. The third kappa shape index (κ3) is 2.46. The van der Waals surface area contributed by atoms with Crippen molar-refractivity contribution in [2.75, 3.05) is 7.11 Å². The molecule has 0 amide bonds. The van der Waals surface area contributed by atoms with Crippen molar-refractivity contribution in [2.24, 2.45) is 0 Å². The Bertz CT molecular complexity index is 518. The average molecular weight is 288 g/mol. The van der Waals surface area contributed by atoms with Gasteiger partial charge in [0.1, 0.15) is 11.6 Å². The standard InChI is InChI=1S/C14H15F3O3/c1-20-11-3-2-9(15)8-10(11)13(12(18)19)4-6-14(16,17)7-5-13/h2-3,8H,4-7H2,1H3,(H,18,19). The van der Waals surface area contributed by atoms with Gasteiger partial charge in [0.25, 0.3) is 0 Å². The van der Waals surface area contributed by atoms with E-state index < -0.39 is 36.0 Å². The van der Waals surface area contributed by atoms with Crippen molar-refractivity contribution in [3.63, 3.8) is 0 Å². The summed E-state index contributed by atoms with van der Waals surface area (Å²) in [5, 5.41) is 9.50. The van der Waals surface area contributed by atoms with Gasteiger partial charge in [-0.15, -0.1) is 0 Å². The Kier molecular flexibility index (Phi) is 3.67. The van der Waals surface area contributed by atoms with Crippen LogP contribution in [0.4, 0.5) is 13.2 Å². The van der Waals surface area contributed by atoms with Crippen LogP contribution in [0.15, 0.2) is 18.2 Å². The summed E-state index contributed by atoms with van der Waals surface area (Å²) in [6, 6.07) is 3.54. The van der Waals surface area contributed by atoms with Gasteiger partial charge in [0.2, 0.25) is 5.92 Å². The minimum atomic E-state index is -2.86. The maximum Gasteiger partial charge on any atom is 0.314 e. The fourth-order valence-corrected chi connectivity index (χ4v) is 2.70. The molecule has 110 valence electrons. The summed E-state index contributed by atoms with van der Waals surface area (Å²) in [6.07, 6.45) is -1.54. The van der Waals surface area contributed by atoms with Gasteiger partial charge < -0.3 is 9.84 Å². The number of aliphatic carboxylic acids is 1. The number of carboxylic acids is 1. The minimum absolute atomic E-state index is 0.128. The van der Waals surface area contributed by atoms with Crippen LogP contribution in [0.5, 0.6) is 5.75 Å². The molecule has 0 bridgehead atoms. The molecule has 6 heteroatoms. The zero-order chi connectivity index (χ0) is 15.0. The fraction of sp³-hybridized carbons (Fsp3) is 0.500. The predicted molar refractivity (Wildman–Crippen MR) is 65.7 cm³/mol. The molecule has 3 nitrogen and oxygen atoms in total. The first-order valence-electron chi connectivity index (χ1n) is 6.26. The van der Waals surface area contributed by atoms with Gasteiger partial charge in [-0.25, -0.2) is 13.2 Å². The molecule has 1 N–H and O–H groups in total. The van der Waals surface area contributed by atoms with Crippen molar-refractivity contribution < 1.29 is 27.8 Å². The smallest absolute Gasteiger partial charge is 0.314 e. The maximum absolute atomic E-state index is 13.4. The van der Waals surface area contributed by atoms with E-state index in [9.17, 15) is 23.1 Å². The second-order valence-electron chi connectivity index (χ2n) is 5.09. The van der Waals surface area contributed by atoms with Crippen LogP contribution in [0.25, 0.3) is 0 Å². The number of rotatable bonds is 3. The third-order valence-corrected chi connectivity index (χ3v) is 3.92. The minimum Gasteiger partial charge on any atom is -0.496 e. The Morgan fingerprint density at radius 1 is 1.25 bits per heavy atom. The average Bonchev–Trinajstić information content (AvgIpc) is 2.39. The second kappa shape index (κ2) is 5.00. The summed E-state index contributed by atoms with van der Waals surface area (Å²) in [7, 11) is 1.34. The van der Waals surface area contributed by atoms with Crippen LogP contribution in [-0.2, 0) is 10.2 Å². The first-order valence-corrected chi connectivity index (χ1v) is 6.26. The Balaban J connectivity index is 2.50. The number of halogens is 3. The van der Waals surface area contributed by atoms with Gasteiger partial charge in [-0.05, 0) is 31.0 Å². The van der Waals surface area contributed by atoms with Crippen molar-refractivity contribution in [1.82, 2.24) is 0 Å². The molecule has 1 aliphatic carbocycles. The molecule has 0 radical (unpaired) electrons. The molecular weight excluding hydrogens is 273 g/mol. The van der Waals surface area contributed by atoms with E-state index in [0.717, 1.165) is 12.1 Å². The number of ether oxygens (including phenoxy) is 1. The van der Waals surface area contributed by atoms with E-state index in [-0.39, 0.29) is 24.2 Å². The SMILES string of the molecule is COc1ccc(F)cc1C1(C(=O)O)CCC(F)(F)CC1. The molecule has 1 aliphatic rings. The molecule has 1 saturated carbocycles. The van der Waals surface area contributed by atoms with E-state index in [0.29, 0.717) is 0 Å². The number of carbonyl (C=O) groups is 1. The highest BCUT2D eigenvalue weighted by Crippen LogP contribution is 2.48. The third-order valence-electron chi connectivity index (χ3n) is 3.92. The Morgan fingerprint density at radius 2 is 1.85 bits per heavy atom. The molecule has 1 aromatic carbocycles. The lowest BCUT2D eigenvalue weighted by molar-refractivity contribution is -0.149. The topological polar surface area (TPSA) is 46.5 Å². The first kappa shape index (κ1) is 14.7. The van der Waals surface area contributed by atoms with Crippen LogP contribution in [0.3, 0.4) is 0 Å². The van der Waals surface area contributed by atoms with E-state index in [4.69, 9.17) is 4.74 Å². The number of alkyl halides is 2. The van der Waals surface area contributed by atoms with Crippen molar-refractivity contribution in [2.45, 2.75) is 37.0 Å². The highest BCUT2D eigenvalue weighted by atomic mass is 19.3. The number of hydrogen-bond donors (Lipinski definition) is 1. The summed E-state index contributed by atoms with van der Waals surface area (Å²) >= 11 is 0. The van der Waals surface area contributed by atoms with Gasteiger partial charge in [0.05, 0.1) is 12.5 Å². The lowest BCUT2D eigenvalue weighted by Gasteiger charge is -2.37. The molecule has 0 heterocycles.